The van der Waals surface area contributed by atoms with Gasteiger partial charge in [-0.15, -0.1) is 12.4 Å². The van der Waals surface area contributed by atoms with Crippen molar-refractivity contribution in [3.63, 3.8) is 0 Å². The minimum Gasteiger partial charge on any atom is -0.319 e. The highest BCUT2D eigenvalue weighted by molar-refractivity contribution is 14.1. The van der Waals surface area contributed by atoms with Gasteiger partial charge in [0.2, 0.25) is 0 Å². The van der Waals surface area contributed by atoms with E-state index in [2.05, 4.69) is 0 Å². The van der Waals surface area contributed by atoms with Crippen LogP contribution in [0, 0.1) is 3.57 Å². The second-order valence-electron chi connectivity index (χ2n) is 2.38. The number of benzene rings is 1. The van der Waals surface area contributed by atoms with Gasteiger partial charge in [0.15, 0.2) is 0 Å². The number of nitrogens with two attached hydrogens (primary N) is 1. The molecule has 0 unspecified atom stereocenters. The third kappa shape index (κ3) is 3.36. The van der Waals surface area contributed by atoms with Crippen molar-refractivity contribution in [1.29, 1.82) is 0 Å². The highest BCUT2D eigenvalue weighted by atomic mass is 127. The molecule has 0 aromatic heterocycles. The van der Waals surface area contributed by atoms with Crippen LogP contribution in [0.5, 0.6) is 0 Å². The molecule has 1 atom stereocenters. The largest absolute Gasteiger partial charge is 0.319 e. The Morgan fingerprint density at radius 2 is 1.77 bits per heavy atom. The van der Waals surface area contributed by atoms with Crippen LogP contribution in [0.3, 0.4) is 0 Å². The molecular weight excluding hydrogens is 310 g/mol. The van der Waals surface area contributed by atoms with E-state index in [9.17, 15) is 8.78 Å². The molecule has 74 valence electrons. The number of halogens is 4. The minimum absolute atomic E-state index is 0. The molecule has 0 aliphatic rings. The van der Waals surface area contributed by atoms with E-state index in [-0.39, 0.29) is 12.4 Å². The highest BCUT2D eigenvalue weighted by Gasteiger charge is 2.18. The zero-order valence-electron chi connectivity index (χ0n) is 6.58. The maximum absolute atomic E-state index is 12.2. The van der Waals surface area contributed by atoms with Gasteiger partial charge in [0.1, 0.15) is 0 Å². The molecule has 0 heterocycles. The topological polar surface area (TPSA) is 26.0 Å². The predicted molar refractivity (Wildman–Crippen MR) is 59.3 cm³/mol. The van der Waals surface area contributed by atoms with Crippen LogP contribution < -0.4 is 5.73 Å². The fourth-order valence-electron chi connectivity index (χ4n) is 0.881. The fourth-order valence-corrected chi connectivity index (χ4v) is 1.63. The molecule has 5 heteroatoms. The lowest BCUT2D eigenvalue weighted by molar-refractivity contribution is 0.116. The second-order valence-corrected chi connectivity index (χ2v) is 3.54. The van der Waals surface area contributed by atoms with Crippen molar-refractivity contribution in [2.45, 2.75) is 12.5 Å². The summed E-state index contributed by atoms with van der Waals surface area (Å²) >= 11 is 2.00. The van der Waals surface area contributed by atoms with Crippen molar-refractivity contribution in [1.82, 2.24) is 0 Å². The molecule has 0 aliphatic carbocycles. The summed E-state index contributed by atoms with van der Waals surface area (Å²) in [7, 11) is 0. The van der Waals surface area contributed by atoms with Gasteiger partial charge in [-0.1, -0.05) is 18.2 Å². The second kappa shape index (κ2) is 5.72. The summed E-state index contributed by atoms with van der Waals surface area (Å²) in [5, 5.41) is 0. The molecule has 13 heavy (non-hydrogen) atoms. The van der Waals surface area contributed by atoms with Gasteiger partial charge in [0, 0.05) is 3.57 Å². The zero-order valence-corrected chi connectivity index (χ0v) is 9.56. The van der Waals surface area contributed by atoms with Crippen LogP contribution >= 0.6 is 35.0 Å². The van der Waals surface area contributed by atoms with Gasteiger partial charge in [0.05, 0.1) is 6.04 Å². The first-order chi connectivity index (χ1) is 5.63. The monoisotopic (exact) mass is 319 g/mol. The normalized spacial score (nSPS) is 12.4. The van der Waals surface area contributed by atoms with E-state index in [1.807, 2.05) is 22.6 Å². The Morgan fingerprint density at radius 1 is 1.23 bits per heavy atom. The van der Waals surface area contributed by atoms with Gasteiger partial charge in [-0.3, -0.25) is 0 Å². The van der Waals surface area contributed by atoms with E-state index in [4.69, 9.17) is 5.73 Å². The molecule has 0 spiro atoms. The Kier molecular flexibility index (Phi) is 5.75. The summed E-state index contributed by atoms with van der Waals surface area (Å²) in [6, 6.07) is 5.72. The van der Waals surface area contributed by atoms with Crippen molar-refractivity contribution < 1.29 is 8.78 Å². The molecule has 0 amide bonds. The Morgan fingerprint density at radius 3 is 2.23 bits per heavy atom. The van der Waals surface area contributed by atoms with Crippen molar-refractivity contribution in [2.24, 2.45) is 5.73 Å². The molecule has 0 saturated heterocycles. The Hall–Kier alpha value is 0.0600. The van der Waals surface area contributed by atoms with E-state index in [0.29, 0.717) is 5.56 Å². The maximum atomic E-state index is 12.2. The SMILES string of the molecule is Cl.N[C@H](c1ccccc1I)C(F)F. The van der Waals surface area contributed by atoms with Crippen LogP contribution in [0.25, 0.3) is 0 Å². The molecule has 0 radical (unpaired) electrons. The predicted octanol–water partition coefficient (Wildman–Crippen LogP) is 2.98. The zero-order chi connectivity index (χ0) is 9.14. The van der Waals surface area contributed by atoms with Gasteiger partial charge >= 0.3 is 0 Å². The van der Waals surface area contributed by atoms with Crippen LogP contribution in [-0.4, -0.2) is 6.43 Å². The number of hydrogen-bond acceptors (Lipinski definition) is 1. The molecule has 2 N–H and O–H groups in total. The van der Waals surface area contributed by atoms with Crippen LogP contribution in [0.2, 0.25) is 0 Å². The molecule has 1 rings (SSSR count). The molecule has 1 aromatic rings. The summed E-state index contributed by atoms with van der Waals surface area (Å²) in [5.41, 5.74) is 5.79. The first kappa shape index (κ1) is 13.1. The van der Waals surface area contributed by atoms with Gasteiger partial charge in [-0.25, -0.2) is 8.78 Å². The van der Waals surface area contributed by atoms with Crippen molar-refractivity contribution in [3.8, 4) is 0 Å². The summed E-state index contributed by atoms with van der Waals surface area (Å²) in [6.07, 6.45) is -2.50. The van der Waals surface area contributed by atoms with Crippen LogP contribution in [0.15, 0.2) is 24.3 Å². The van der Waals surface area contributed by atoms with E-state index < -0.39 is 12.5 Å². The van der Waals surface area contributed by atoms with E-state index in [1.165, 1.54) is 0 Å². The fraction of sp³-hybridized carbons (Fsp3) is 0.250. The number of rotatable bonds is 2. The lowest BCUT2D eigenvalue weighted by Gasteiger charge is -2.11. The summed E-state index contributed by atoms with van der Waals surface area (Å²) in [4.78, 5) is 0. The molecule has 1 aromatic carbocycles. The third-order valence-corrected chi connectivity index (χ3v) is 2.52. The first-order valence-electron chi connectivity index (χ1n) is 3.41. The van der Waals surface area contributed by atoms with Crippen LogP contribution in [0.1, 0.15) is 11.6 Å². The lowest BCUT2D eigenvalue weighted by atomic mass is 10.1. The molecule has 0 bridgehead atoms. The van der Waals surface area contributed by atoms with Crippen LogP contribution in [0.4, 0.5) is 8.78 Å². The Bertz CT molecular complexity index is 270. The highest BCUT2D eigenvalue weighted by Crippen LogP contribution is 2.22. The van der Waals surface area contributed by atoms with Gasteiger partial charge in [-0.2, -0.15) is 0 Å². The summed E-state index contributed by atoms with van der Waals surface area (Å²) in [6.45, 7) is 0. The third-order valence-electron chi connectivity index (χ3n) is 1.54. The standard InChI is InChI=1S/C8H8F2IN.ClH/c9-8(10)7(12)5-3-1-2-4-6(5)11;/h1-4,7-8H,12H2;1H/t7-;/m1./s1. The Balaban J connectivity index is 0.00000144. The molecule has 0 aliphatic heterocycles. The minimum atomic E-state index is -2.50. The van der Waals surface area contributed by atoms with Crippen molar-refractivity contribution in [2.75, 3.05) is 0 Å². The average molecular weight is 320 g/mol. The van der Waals surface area contributed by atoms with Gasteiger partial charge < -0.3 is 5.73 Å². The van der Waals surface area contributed by atoms with Crippen molar-refractivity contribution in [3.05, 3.63) is 33.4 Å². The maximum Gasteiger partial charge on any atom is 0.257 e. The Labute approximate surface area is 95.2 Å². The summed E-state index contributed by atoms with van der Waals surface area (Å²) < 4.78 is 25.1. The number of hydrogen-bond donors (Lipinski definition) is 1. The van der Waals surface area contributed by atoms with Gasteiger partial charge in [-0.05, 0) is 34.2 Å². The van der Waals surface area contributed by atoms with Crippen molar-refractivity contribution >= 4 is 35.0 Å². The molecule has 1 nitrogen and oxygen atoms in total. The van der Waals surface area contributed by atoms with E-state index in [1.54, 1.807) is 24.3 Å². The molecule has 0 saturated carbocycles. The number of alkyl halides is 2. The molecule has 0 fully saturated rings. The van der Waals surface area contributed by atoms with E-state index >= 15 is 0 Å². The van der Waals surface area contributed by atoms with Crippen LogP contribution in [-0.2, 0) is 0 Å². The average Bonchev–Trinajstić information content (AvgIpc) is 2.04. The lowest BCUT2D eigenvalue weighted by Crippen LogP contribution is -2.19. The molecular formula is C8H9ClF2IN. The summed E-state index contributed by atoms with van der Waals surface area (Å²) in [5.74, 6) is 0. The first-order valence-corrected chi connectivity index (χ1v) is 4.49. The smallest absolute Gasteiger partial charge is 0.257 e. The quantitative estimate of drug-likeness (QED) is 0.833. The van der Waals surface area contributed by atoms with Gasteiger partial charge in [0.25, 0.3) is 6.43 Å². The van der Waals surface area contributed by atoms with E-state index in [0.717, 1.165) is 3.57 Å².